The Morgan fingerprint density at radius 3 is 2.64 bits per heavy atom. The minimum Gasteiger partial charge on any atom is -0.346 e. The van der Waals surface area contributed by atoms with E-state index in [0.717, 1.165) is 6.54 Å². The van der Waals surface area contributed by atoms with E-state index in [2.05, 4.69) is 41.1 Å². The molecule has 2 aromatic rings. The maximum Gasteiger partial charge on any atom is 0.0671 e. The monoisotopic (exact) mass is 207 g/mol. The second kappa shape index (κ2) is 3.53. The Labute approximate surface area is 87.6 Å². The fourth-order valence-electron chi connectivity index (χ4n) is 1.52. The number of hydrogen-bond donors (Lipinski definition) is 0. The molecule has 0 aliphatic rings. The first-order valence-electron chi connectivity index (χ1n) is 4.57. The lowest BCUT2D eigenvalue weighted by Crippen LogP contribution is -1.98. The summed E-state index contributed by atoms with van der Waals surface area (Å²) in [6, 6.07) is 0. The summed E-state index contributed by atoms with van der Waals surface area (Å²) in [6.45, 7) is 7.34. The predicted molar refractivity (Wildman–Crippen MR) is 57.7 cm³/mol. The van der Waals surface area contributed by atoms with Crippen LogP contribution in [0.15, 0.2) is 12.4 Å². The van der Waals surface area contributed by atoms with Crippen molar-refractivity contribution in [3.8, 4) is 0 Å². The lowest BCUT2D eigenvalue weighted by atomic mass is 10.2. The van der Waals surface area contributed by atoms with Crippen LogP contribution in [0.2, 0.25) is 0 Å². The molecule has 2 aromatic heterocycles. The van der Waals surface area contributed by atoms with Crippen molar-refractivity contribution in [1.29, 1.82) is 0 Å². The molecule has 4 heteroatoms. The van der Waals surface area contributed by atoms with Gasteiger partial charge in [-0.25, -0.2) is 0 Å². The van der Waals surface area contributed by atoms with Gasteiger partial charge in [-0.1, -0.05) is 4.49 Å². The van der Waals surface area contributed by atoms with E-state index in [-0.39, 0.29) is 0 Å². The molecule has 0 N–H and O–H groups in total. The van der Waals surface area contributed by atoms with E-state index < -0.39 is 0 Å². The number of rotatable bonds is 2. The smallest absolute Gasteiger partial charge is 0.0671 e. The van der Waals surface area contributed by atoms with Crippen LogP contribution in [0.25, 0.3) is 0 Å². The zero-order chi connectivity index (χ0) is 10.1. The molecule has 0 radical (unpaired) electrons. The van der Waals surface area contributed by atoms with Crippen LogP contribution >= 0.6 is 11.5 Å². The van der Waals surface area contributed by atoms with E-state index in [9.17, 15) is 0 Å². The Bertz CT molecular complexity index is 428. The number of hydrogen-bond acceptors (Lipinski definition) is 3. The van der Waals surface area contributed by atoms with E-state index in [4.69, 9.17) is 0 Å². The van der Waals surface area contributed by atoms with Crippen molar-refractivity contribution in [3.05, 3.63) is 34.1 Å². The molecule has 0 bridgehead atoms. The molecule has 0 unspecified atom stereocenters. The molecule has 74 valence electrons. The summed E-state index contributed by atoms with van der Waals surface area (Å²) in [7, 11) is 0. The van der Waals surface area contributed by atoms with Gasteiger partial charge in [0.2, 0.25) is 0 Å². The fraction of sp³-hybridized carbons (Fsp3) is 0.400. The minimum absolute atomic E-state index is 0.887. The Morgan fingerprint density at radius 2 is 2.14 bits per heavy atom. The van der Waals surface area contributed by atoms with E-state index in [1.807, 2.05) is 6.20 Å². The van der Waals surface area contributed by atoms with Crippen molar-refractivity contribution >= 4 is 11.5 Å². The number of aromatic nitrogens is 3. The highest BCUT2D eigenvalue weighted by molar-refractivity contribution is 7.05. The van der Waals surface area contributed by atoms with Crippen LogP contribution in [0, 0.1) is 20.8 Å². The molecule has 0 aromatic carbocycles. The van der Waals surface area contributed by atoms with Gasteiger partial charge in [0.1, 0.15) is 0 Å². The molecule has 0 amide bonds. The van der Waals surface area contributed by atoms with Gasteiger partial charge in [-0.05, 0) is 43.4 Å². The molecule has 2 rings (SSSR count). The fourth-order valence-corrected chi connectivity index (χ4v) is 2.01. The molecule has 0 aliphatic heterocycles. The average molecular weight is 207 g/mol. The van der Waals surface area contributed by atoms with Crippen molar-refractivity contribution in [3.63, 3.8) is 0 Å². The van der Waals surface area contributed by atoms with Crippen molar-refractivity contribution in [1.82, 2.24) is 14.2 Å². The van der Waals surface area contributed by atoms with Gasteiger partial charge in [-0.3, -0.25) is 0 Å². The molecule has 0 spiro atoms. The lowest BCUT2D eigenvalue weighted by Gasteiger charge is -2.02. The van der Waals surface area contributed by atoms with Gasteiger partial charge in [-0.2, -0.15) is 0 Å². The summed E-state index contributed by atoms with van der Waals surface area (Å²) in [4.78, 5) is 1.20. The molecule has 0 aliphatic carbocycles. The van der Waals surface area contributed by atoms with E-state index in [1.54, 1.807) is 0 Å². The molecule has 0 saturated heterocycles. The van der Waals surface area contributed by atoms with Gasteiger partial charge in [0.05, 0.1) is 17.6 Å². The van der Waals surface area contributed by atoms with Gasteiger partial charge in [0.25, 0.3) is 0 Å². The van der Waals surface area contributed by atoms with Crippen LogP contribution in [0.5, 0.6) is 0 Å². The van der Waals surface area contributed by atoms with Crippen molar-refractivity contribution in [2.45, 2.75) is 27.3 Å². The van der Waals surface area contributed by atoms with Crippen LogP contribution < -0.4 is 0 Å². The lowest BCUT2D eigenvalue weighted by molar-refractivity contribution is 0.781. The average Bonchev–Trinajstić information content (AvgIpc) is 2.73. The highest BCUT2D eigenvalue weighted by atomic mass is 32.1. The van der Waals surface area contributed by atoms with Gasteiger partial charge >= 0.3 is 0 Å². The molecular formula is C10H13N3S. The summed E-state index contributed by atoms with van der Waals surface area (Å²) < 4.78 is 6.11. The maximum absolute atomic E-state index is 3.86. The molecule has 0 saturated carbocycles. The molecule has 3 nitrogen and oxygen atoms in total. The SMILES string of the molecule is Cc1cn(Cc2cnns2)c(C)c1C. The van der Waals surface area contributed by atoms with Crippen LogP contribution in [0.1, 0.15) is 21.7 Å². The Hall–Kier alpha value is -1.16. The van der Waals surface area contributed by atoms with Crippen molar-refractivity contribution in [2.24, 2.45) is 0 Å². The zero-order valence-electron chi connectivity index (χ0n) is 8.61. The third-order valence-electron chi connectivity index (χ3n) is 2.65. The normalized spacial score (nSPS) is 10.8. The highest BCUT2D eigenvalue weighted by Gasteiger charge is 2.06. The summed E-state index contributed by atoms with van der Waals surface area (Å²) in [5, 5.41) is 3.83. The van der Waals surface area contributed by atoms with E-state index in [1.165, 1.54) is 33.2 Å². The minimum atomic E-state index is 0.887. The predicted octanol–water partition coefficient (Wildman–Crippen LogP) is 2.31. The summed E-state index contributed by atoms with van der Waals surface area (Å²) in [5.41, 5.74) is 4.05. The van der Waals surface area contributed by atoms with E-state index >= 15 is 0 Å². The zero-order valence-corrected chi connectivity index (χ0v) is 9.43. The first kappa shape index (κ1) is 9.40. The Balaban J connectivity index is 2.30. The van der Waals surface area contributed by atoms with E-state index in [0.29, 0.717) is 0 Å². The summed E-state index contributed by atoms with van der Waals surface area (Å²) >= 11 is 1.46. The second-order valence-electron chi connectivity index (χ2n) is 3.53. The third-order valence-corrected chi connectivity index (χ3v) is 3.29. The maximum atomic E-state index is 3.86. The summed E-state index contributed by atoms with van der Waals surface area (Å²) in [5.74, 6) is 0. The Kier molecular flexibility index (Phi) is 2.37. The van der Waals surface area contributed by atoms with Crippen LogP contribution in [-0.4, -0.2) is 14.2 Å². The number of nitrogens with zero attached hydrogens (tertiary/aromatic N) is 3. The van der Waals surface area contributed by atoms with Crippen molar-refractivity contribution < 1.29 is 0 Å². The van der Waals surface area contributed by atoms with Crippen LogP contribution in [-0.2, 0) is 6.54 Å². The molecule has 2 heterocycles. The summed E-state index contributed by atoms with van der Waals surface area (Å²) in [6.07, 6.45) is 4.01. The number of aryl methyl sites for hydroxylation is 1. The highest BCUT2D eigenvalue weighted by Crippen LogP contribution is 2.16. The first-order valence-corrected chi connectivity index (χ1v) is 5.35. The molecule has 0 fully saturated rings. The van der Waals surface area contributed by atoms with Crippen LogP contribution in [0.3, 0.4) is 0 Å². The molecule has 0 atom stereocenters. The van der Waals surface area contributed by atoms with Gasteiger partial charge in [0, 0.05) is 11.9 Å². The van der Waals surface area contributed by atoms with Gasteiger partial charge in [0.15, 0.2) is 0 Å². The molecule has 14 heavy (non-hydrogen) atoms. The second-order valence-corrected chi connectivity index (χ2v) is 4.40. The van der Waals surface area contributed by atoms with Gasteiger partial charge in [-0.15, -0.1) is 5.10 Å². The topological polar surface area (TPSA) is 30.7 Å². The van der Waals surface area contributed by atoms with Gasteiger partial charge < -0.3 is 4.57 Å². The standard InChI is InChI=1S/C10H13N3S/c1-7-5-13(9(3)8(7)2)6-10-4-11-12-14-10/h4-5H,6H2,1-3H3. The Morgan fingerprint density at radius 1 is 1.36 bits per heavy atom. The molecular weight excluding hydrogens is 194 g/mol. The third kappa shape index (κ3) is 1.57. The van der Waals surface area contributed by atoms with Crippen LogP contribution in [0.4, 0.5) is 0 Å². The quantitative estimate of drug-likeness (QED) is 0.756. The largest absolute Gasteiger partial charge is 0.346 e. The first-order chi connectivity index (χ1) is 6.68. The van der Waals surface area contributed by atoms with Crippen molar-refractivity contribution in [2.75, 3.05) is 0 Å².